The van der Waals surface area contributed by atoms with Crippen LogP contribution in [-0.2, 0) is 0 Å². The zero-order valence-electron chi connectivity index (χ0n) is 10.6. The Labute approximate surface area is 118 Å². The van der Waals surface area contributed by atoms with Crippen LogP contribution in [0.5, 0.6) is 0 Å². The van der Waals surface area contributed by atoms with Gasteiger partial charge in [0.15, 0.2) is 5.13 Å². The van der Waals surface area contributed by atoms with Crippen LogP contribution in [0.1, 0.15) is 15.9 Å². The maximum absolute atomic E-state index is 12.0. The van der Waals surface area contributed by atoms with Crippen molar-refractivity contribution in [3.8, 4) is 0 Å². The molecule has 20 heavy (non-hydrogen) atoms. The minimum absolute atomic E-state index is 0.308. The Morgan fingerprint density at radius 1 is 1.30 bits per heavy atom. The van der Waals surface area contributed by atoms with E-state index in [0.29, 0.717) is 10.7 Å². The maximum atomic E-state index is 12.0. The average Bonchev–Trinajstić information content (AvgIpc) is 2.80. The fourth-order valence-corrected chi connectivity index (χ4v) is 2.80. The molecule has 3 rings (SSSR count). The van der Waals surface area contributed by atoms with Crippen molar-refractivity contribution in [1.82, 2.24) is 9.97 Å². The molecule has 0 aliphatic heterocycles. The topological polar surface area (TPSA) is 74.8 Å². The standard InChI is InChI=1S/C14H11N3O2S/c1-8-2-3-10-11(6-8)20-14(16-10)17-13(19)9-4-5-15-12(18)7-9/h2-7H,1H3,(H,15,18)(H,16,17,19). The van der Waals surface area contributed by atoms with Gasteiger partial charge < -0.3 is 4.98 Å². The summed E-state index contributed by atoms with van der Waals surface area (Å²) >= 11 is 1.41. The van der Waals surface area contributed by atoms with Gasteiger partial charge in [-0.25, -0.2) is 4.98 Å². The van der Waals surface area contributed by atoms with Crippen molar-refractivity contribution in [3.05, 3.63) is 58.0 Å². The number of thiazole rings is 1. The van der Waals surface area contributed by atoms with Crippen LogP contribution < -0.4 is 10.9 Å². The third-order valence-corrected chi connectivity index (χ3v) is 3.74. The second-order valence-corrected chi connectivity index (χ2v) is 5.42. The van der Waals surface area contributed by atoms with Gasteiger partial charge in [0.25, 0.3) is 5.91 Å². The summed E-state index contributed by atoms with van der Waals surface area (Å²) in [5.74, 6) is -0.341. The summed E-state index contributed by atoms with van der Waals surface area (Å²) < 4.78 is 1.02. The monoisotopic (exact) mass is 285 g/mol. The van der Waals surface area contributed by atoms with Crippen LogP contribution in [0.3, 0.4) is 0 Å². The molecule has 0 radical (unpaired) electrons. The smallest absolute Gasteiger partial charge is 0.257 e. The molecule has 1 amide bonds. The van der Waals surface area contributed by atoms with Gasteiger partial charge in [-0.3, -0.25) is 14.9 Å². The van der Waals surface area contributed by atoms with Gasteiger partial charge in [-0.05, 0) is 30.7 Å². The van der Waals surface area contributed by atoms with E-state index in [1.54, 1.807) is 6.07 Å². The summed E-state index contributed by atoms with van der Waals surface area (Å²) in [5.41, 5.74) is 2.00. The second-order valence-electron chi connectivity index (χ2n) is 4.39. The predicted molar refractivity (Wildman–Crippen MR) is 79.4 cm³/mol. The maximum Gasteiger partial charge on any atom is 0.257 e. The number of carbonyl (C=O) groups excluding carboxylic acids is 1. The summed E-state index contributed by atoms with van der Waals surface area (Å²) in [5, 5.41) is 3.23. The number of hydrogen-bond donors (Lipinski definition) is 2. The largest absolute Gasteiger partial charge is 0.329 e. The molecular weight excluding hydrogens is 274 g/mol. The third-order valence-electron chi connectivity index (χ3n) is 2.80. The number of hydrogen-bond acceptors (Lipinski definition) is 4. The summed E-state index contributed by atoms with van der Waals surface area (Å²) in [6, 6.07) is 8.73. The molecule has 2 aromatic heterocycles. The lowest BCUT2D eigenvalue weighted by Crippen LogP contribution is -2.15. The summed E-state index contributed by atoms with van der Waals surface area (Å²) in [6.45, 7) is 2.01. The Balaban J connectivity index is 1.89. The molecule has 2 heterocycles. The van der Waals surface area contributed by atoms with Crippen molar-refractivity contribution in [3.63, 3.8) is 0 Å². The summed E-state index contributed by atoms with van der Waals surface area (Å²) in [4.78, 5) is 30.0. The number of nitrogens with zero attached hydrogens (tertiary/aromatic N) is 1. The van der Waals surface area contributed by atoms with Gasteiger partial charge in [0, 0.05) is 17.8 Å². The minimum Gasteiger partial charge on any atom is -0.329 e. The fraction of sp³-hybridized carbons (Fsp3) is 0.0714. The molecule has 0 fully saturated rings. The molecule has 6 heteroatoms. The number of aromatic amines is 1. The normalized spacial score (nSPS) is 10.7. The fourth-order valence-electron chi connectivity index (χ4n) is 1.84. The number of H-pyrrole nitrogens is 1. The van der Waals surface area contributed by atoms with Crippen LogP contribution in [0.15, 0.2) is 41.3 Å². The average molecular weight is 285 g/mol. The molecule has 3 aromatic rings. The number of aryl methyl sites for hydroxylation is 1. The van der Waals surface area contributed by atoms with Crippen molar-refractivity contribution in [2.75, 3.05) is 5.32 Å². The Bertz CT molecular complexity index is 851. The van der Waals surface area contributed by atoms with Crippen LogP contribution in [0.4, 0.5) is 5.13 Å². The number of nitrogens with one attached hydrogen (secondary N) is 2. The first kappa shape index (κ1) is 12.6. The number of amides is 1. The van der Waals surface area contributed by atoms with Gasteiger partial charge in [0.1, 0.15) is 0 Å². The molecule has 100 valence electrons. The van der Waals surface area contributed by atoms with E-state index in [1.165, 1.54) is 23.6 Å². The van der Waals surface area contributed by atoms with Crippen LogP contribution in [0.2, 0.25) is 0 Å². The highest BCUT2D eigenvalue weighted by molar-refractivity contribution is 7.22. The van der Waals surface area contributed by atoms with Gasteiger partial charge in [0.05, 0.1) is 10.2 Å². The van der Waals surface area contributed by atoms with Crippen LogP contribution in [0, 0.1) is 6.92 Å². The molecular formula is C14H11N3O2S. The van der Waals surface area contributed by atoms with Crippen molar-refractivity contribution in [1.29, 1.82) is 0 Å². The molecule has 0 saturated heterocycles. The molecule has 2 N–H and O–H groups in total. The summed E-state index contributed by atoms with van der Waals surface area (Å²) in [6.07, 6.45) is 1.44. The molecule has 5 nitrogen and oxygen atoms in total. The van der Waals surface area contributed by atoms with E-state index in [0.717, 1.165) is 15.8 Å². The Kier molecular flexibility index (Phi) is 3.08. The Morgan fingerprint density at radius 3 is 2.95 bits per heavy atom. The molecule has 1 aromatic carbocycles. The number of aromatic nitrogens is 2. The lowest BCUT2D eigenvalue weighted by molar-refractivity contribution is 0.102. The molecule has 0 saturated carbocycles. The number of benzene rings is 1. The van der Waals surface area contributed by atoms with Crippen LogP contribution in [-0.4, -0.2) is 15.9 Å². The molecule has 0 bridgehead atoms. The minimum atomic E-state index is -0.341. The first-order valence-electron chi connectivity index (χ1n) is 5.99. The van der Waals surface area contributed by atoms with E-state index in [2.05, 4.69) is 15.3 Å². The molecule has 0 spiro atoms. The molecule has 0 aliphatic rings. The number of rotatable bonds is 2. The quantitative estimate of drug-likeness (QED) is 0.759. The third kappa shape index (κ3) is 2.46. The van der Waals surface area contributed by atoms with Crippen molar-refractivity contribution in [2.45, 2.75) is 6.92 Å². The first-order valence-corrected chi connectivity index (χ1v) is 6.81. The van der Waals surface area contributed by atoms with Gasteiger partial charge in [-0.1, -0.05) is 17.4 Å². The number of carbonyl (C=O) groups is 1. The van der Waals surface area contributed by atoms with E-state index in [4.69, 9.17) is 0 Å². The molecule has 0 atom stereocenters. The highest BCUT2D eigenvalue weighted by Crippen LogP contribution is 2.26. The lowest BCUT2D eigenvalue weighted by Gasteiger charge is -1.99. The van der Waals surface area contributed by atoms with Crippen molar-refractivity contribution >= 4 is 32.6 Å². The van der Waals surface area contributed by atoms with E-state index in [9.17, 15) is 9.59 Å². The molecule has 0 aliphatic carbocycles. The van der Waals surface area contributed by atoms with Gasteiger partial charge in [0.2, 0.25) is 5.56 Å². The van der Waals surface area contributed by atoms with E-state index in [1.807, 2.05) is 25.1 Å². The van der Waals surface area contributed by atoms with E-state index >= 15 is 0 Å². The zero-order chi connectivity index (χ0) is 14.1. The second kappa shape index (κ2) is 4.90. The van der Waals surface area contributed by atoms with Gasteiger partial charge in [-0.2, -0.15) is 0 Å². The Hall–Kier alpha value is -2.47. The predicted octanol–water partition coefficient (Wildman–Crippen LogP) is 2.55. The van der Waals surface area contributed by atoms with Crippen molar-refractivity contribution < 1.29 is 4.79 Å². The molecule has 0 unspecified atom stereocenters. The van der Waals surface area contributed by atoms with Crippen molar-refractivity contribution in [2.24, 2.45) is 0 Å². The number of fused-ring (bicyclic) bond motifs is 1. The van der Waals surface area contributed by atoms with E-state index in [-0.39, 0.29) is 11.5 Å². The lowest BCUT2D eigenvalue weighted by atomic mass is 10.2. The first-order chi connectivity index (χ1) is 9.61. The highest BCUT2D eigenvalue weighted by Gasteiger charge is 2.10. The number of pyridine rings is 1. The highest BCUT2D eigenvalue weighted by atomic mass is 32.1. The Morgan fingerprint density at radius 2 is 2.15 bits per heavy atom. The van der Waals surface area contributed by atoms with Crippen LogP contribution >= 0.6 is 11.3 Å². The van der Waals surface area contributed by atoms with Gasteiger partial charge >= 0.3 is 0 Å². The zero-order valence-corrected chi connectivity index (χ0v) is 11.5. The number of anilines is 1. The van der Waals surface area contributed by atoms with Gasteiger partial charge in [-0.15, -0.1) is 0 Å². The van der Waals surface area contributed by atoms with Crippen LogP contribution in [0.25, 0.3) is 10.2 Å². The SMILES string of the molecule is Cc1ccc2nc(NC(=O)c3cc[nH]c(=O)c3)sc2c1. The van der Waals surface area contributed by atoms with E-state index < -0.39 is 0 Å². The summed E-state index contributed by atoms with van der Waals surface area (Å²) in [7, 11) is 0.